The number of nitrogens with zero attached hydrogens (tertiary/aromatic N) is 1. The summed E-state index contributed by atoms with van der Waals surface area (Å²) in [6.45, 7) is 5.18. The zero-order valence-corrected chi connectivity index (χ0v) is 17.9. The van der Waals surface area contributed by atoms with Gasteiger partial charge in [-0.25, -0.2) is 13.1 Å². The highest BCUT2D eigenvalue weighted by molar-refractivity contribution is 7.89. The highest BCUT2D eigenvalue weighted by Gasteiger charge is 2.32. The van der Waals surface area contributed by atoms with Crippen LogP contribution in [0.5, 0.6) is 11.5 Å². The van der Waals surface area contributed by atoms with Crippen LogP contribution in [-0.2, 0) is 10.0 Å². The number of hydrogen-bond acceptors (Lipinski definition) is 5. The van der Waals surface area contributed by atoms with Crippen LogP contribution in [0.3, 0.4) is 0 Å². The Kier molecular flexibility index (Phi) is 5.71. The van der Waals surface area contributed by atoms with Gasteiger partial charge in [0.2, 0.25) is 10.0 Å². The molecule has 1 N–H and O–H groups in total. The van der Waals surface area contributed by atoms with Gasteiger partial charge in [0, 0.05) is 18.2 Å². The summed E-state index contributed by atoms with van der Waals surface area (Å²) in [5, 5.41) is 0. The lowest BCUT2D eigenvalue weighted by Gasteiger charge is -2.27. The average molecular weight is 431 g/mol. The summed E-state index contributed by atoms with van der Waals surface area (Å²) in [4.78, 5) is 15.2. The van der Waals surface area contributed by atoms with E-state index in [1.165, 1.54) is 12.1 Å². The molecule has 0 aliphatic carbocycles. The number of sulfonamides is 1. The van der Waals surface area contributed by atoms with Crippen LogP contribution in [-0.4, -0.2) is 45.0 Å². The molecule has 2 aromatic rings. The molecular formula is C22H26N2O5S. The van der Waals surface area contributed by atoms with Crippen molar-refractivity contribution in [1.82, 2.24) is 9.62 Å². The number of ether oxygens (including phenoxy) is 2. The first kappa shape index (κ1) is 20.7. The van der Waals surface area contributed by atoms with E-state index in [-0.39, 0.29) is 22.9 Å². The molecule has 2 heterocycles. The largest absolute Gasteiger partial charge is 0.486 e. The molecule has 0 aromatic heterocycles. The first-order valence-corrected chi connectivity index (χ1v) is 11.7. The number of carbonyl (C=O) groups excluding carboxylic acids is 1. The lowest BCUT2D eigenvalue weighted by atomic mass is 10.0. The van der Waals surface area contributed by atoms with Gasteiger partial charge in [0.1, 0.15) is 13.2 Å². The van der Waals surface area contributed by atoms with Crippen molar-refractivity contribution in [3.05, 3.63) is 53.6 Å². The third kappa shape index (κ3) is 4.15. The molecule has 1 unspecified atom stereocenters. The number of nitrogens with one attached hydrogen (secondary N) is 1. The van der Waals surface area contributed by atoms with Gasteiger partial charge in [-0.1, -0.05) is 12.1 Å². The summed E-state index contributed by atoms with van der Waals surface area (Å²) in [5.74, 6) is 1.25. The number of benzene rings is 2. The third-order valence-corrected chi connectivity index (χ3v) is 6.90. The number of hydrogen-bond donors (Lipinski definition) is 1. The summed E-state index contributed by atoms with van der Waals surface area (Å²) >= 11 is 0. The van der Waals surface area contributed by atoms with Crippen molar-refractivity contribution < 1.29 is 22.7 Å². The Morgan fingerprint density at radius 2 is 1.87 bits per heavy atom. The Bertz CT molecular complexity index is 1050. The summed E-state index contributed by atoms with van der Waals surface area (Å²) in [6.07, 6.45) is 1.73. The molecule has 1 amide bonds. The van der Waals surface area contributed by atoms with Crippen LogP contribution in [0.4, 0.5) is 0 Å². The van der Waals surface area contributed by atoms with Gasteiger partial charge >= 0.3 is 0 Å². The molecule has 1 atom stereocenters. The third-order valence-electron chi connectivity index (χ3n) is 5.25. The van der Waals surface area contributed by atoms with Gasteiger partial charge in [-0.05, 0) is 62.6 Å². The topological polar surface area (TPSA) is 84.9 Å². The number of amides is 1. The molecule has 1 saturated heterocycles. The molecule has 160 valence electrons. The van der Waals surface area contributed by atoms with Gasteiger partial charge in [0.15, 0.2) is 11.5 Å². The second-order valence-corrected chi connectivity index (χ2v) is 9.58. The summed E-state index contributed by atoms with van der Waals surface area (Å²) in [6, 6.07) is 11.7. The molecule has 0 saturated carbocycles. The van der Waals surface area contributed by atoms with Crippen LogP contribution >= 0.6 is 0 Å². The molecule has 2 aromatic carbocycles. The zero-order valence-electron chi connectivity index (χ0n) is 17.1. The second kappa shape index (κ2) is 8.28. The highest BCUT2D eigenvalue weighted by Crippen LogP contribution is 2.38. The van der Waals surface area contributed by atoms with Gasteiger partial charge in [-0.3, -0.25) is 4.79 Å². The lowest BCUT2D eigenvalue weighted by Crippen LogP contribution is -2.32. The maximum Gasteiger partial charge on any atom is 0.254 e. The molecule has 4 rings (SSSR count). The average Bonchev–Trinajstić information content (AvgIpc) is 3.22. The van der Waals surface area contributed by atoms with Gasteiger partial charge in [-0.2, -0.15) is 0 Å². The Hall–Kier alpha value is -2.58. The molecular weight excluding hydrogens is 404 g/mol. The van der Waals surface area contributed by atoms with Crippen molar-refractivity contribution >= 4 is 15.9 Å². The Labute approximate surface area is 177 Å². The van der Waals surface area contributed by atoms with Gasteiger partial charge in [-0.15, -0.1) is 0 Å². The molecule has 8 heteroatoms. The molecule has 2 aliphatic rings. The summed E-state index contributed by atoms with van der Waals surface area (Å²) < 4.78 is 38.8. The molecule has 0 radical (unpaired) electrons. The normalized spacial score (nSPS) is 18.6. The van der Waals surface area contributed by atoms with E-state index in [1.807, 2.05) is 23.1 Å². The predicted molar refractivity (Wildman–Crippen MR) is 112 cm³/mol. The lowest BCUT2D eigenvalue weighted by molar-refractivity contribution is 0.0735. The number of rotatable bonds is 5. The SMILES string of the molecule is CC(C)NS(=O)(=O)c1cccc(C(=O)N2CCCC2c2ccc3c(c2)OCCO3)c1. The summed E-state index contributed by atoms with van der Waals surface area (Å²) in [5.41, 5.74) is 1.36. The minimum absolute atomic E-state index is 0.0811. The van der Waals surface area contributed by atoms with Crippen molar-refractivity contribution in [2.45, 2.75) is 43.7 Å². The number of carbonyl (C=O) groups is 1. The fourth-order valence-electron chi connectivity index (χ4n) is 3.96. The van der Waals surface area contributed by atoms with E-state index in [0.29, 0.717) is 31.1 Å². The molecule has 2 aliphatic heterocycles. The van der Waals surface area contributed by atoms with E-state index in [0.717, 1.165) is 24.2 Å². The van der Waals surface area contributed by atoms with E-state index in [9.17, 15) is 13.2 Å². The first-order valence-electron chi connectivity index (χ1n) is 10.2. The Balaban J connectivity index is 1.59. The van der Waals surface area contributed by atoms with Crippen molar-refractivity contribution in [3.8, 4) is 11.5 Å². The van der Waals surface area contributed by atoms with Crippen molar-refractivity contribution in [1.29, 1.82) is 0 Å². The fraction of sp³-hybridized carbons (Fsp3) is 0.409. The number of fused-ring (bicyclic) bond motifs is 1. The van der Waals surface area contributed by atoms with E-state index in [1.54, 1.807) is 26.0 Å². The van der Waals surface area contributed by atoms with Crippen LogP contribution in [0.1, 0.15) is 48.7 Å². The maximum atomic E-state index is 13.3. The van der Waals surface area contributed by atoms with Crippen molar-refractivity contribution in [3.63, 3.8) is 0 Å². The molecule has 1 fully saturated rings. The monoisotopic (exact) mass is 430 g/mol. The Morgan fingerprint density at radius 1 is 1.10 bits per heavy atom. The molecule has 0 spiro atoms. The van der Waals surface area contributed by atoms with E-state index < -0.39 is 10.0 Å². The molecule has 0 bridgehead atoms. The van der Waals surface area contributed by atoms with Crippen LogP contribution in [0, 0.1) is 0 Å². The highest BCUT2D eigenvalue weighted by atomic mass is 32.2. The zero-order chi connectivity index (χ0) is 21.3. The first-order chi connectivity index (χ1) is 14.3. The van der Waals surface area contributed by atoms with Gasteiger partial charge < -0.3 is 14.4 Å². The van der Waals surface area contributed by atoms with E-state index in [4.69, 9.17) is 9.47 Å². The minimum Gasteiger partial charge on any atom is -0.486 e. The van der Waals surface area contributed by atoms with Crippen molar-refractivity contribution in [2.24, 2.45) is 0 Å². The van der Waals surface area contributed by atoms with Crippen molar-refractivity contribution in [2.75, 3.05) is 19.8 Å². The standard InChI is InChI=1S/C22H26N2O5S/c1-15(2)23-30(26,27)18-6-3-5-17(13-18)22(25)24-10-4-7-19(24)16-8-9-20-21(14-16)29-12-11-28-20/h3,5-6,8-9,13-15,19,23H,4,7,10-12H2,1-2H3. The van der Waals surface area contributed by atoms with Crippen LogP contribution < -0.4 is 14.2 Å². The molecule has 30 heavy (non-hydrogen) atoms. The summed E-state index contributed by atoms with van der Waals surface area (Å²) in [7, 11) is -3.67. The number of likely N-dealkylation sites (tertiary alicyclic amines) is 1. The van der Waals surface area contributed by atoms with Crippen LogP contribution in [0.2, 0.25) is 0 Å². The van der Waals surface area contributed by atoms with Gasteiger partial charge in [0.05, 0.1) is 10.9 Å². The second-order valence-electron chi connectivity index (χ2n) is 7.86. The quantitative estimate of drug-likeness (QED) is 0.788. The Morgan fingerprint density at radius 3 is 2.63 bits per heavy atom. The predicted octanol–water partition coefficient (Wildman–Crippen LogP) is 3.12. The molecule has 7 nitrogen and oxygen atoms in total. The van der Waals surface area contributed by atoms with Crippen LogP contribution in [0.15, 0.2) is 47.4 Å². The van der Waals surface area contributed by atoms with E-state index in [2.05, 4.69) is 4.72 Å². The maximum absolute atomic E-state index is 13.3. The van der Waals surface area contributed by atoms with E-state index >= 15 is 0 Å². The van der Waals surface area contributed by atoms with Crippen LogP contribution in [0.25, 0.3) is 0 Å². The smallest absolute Gasteiger partial charge is 0.254 e. The minimum atomic E-state index is -3.67. The fourth-order valence-corrected chi connectivity index (χ4v) is 5.26. The van der Waals surface area contributed by atoms with Gasteiger partial charge in [0.25, 0.3) is 5.91 Å².